The van der Waals surface area contributed by atoms with Gasteiger partial charge in [0.05, 0.1) is 16.3 Å². The van der Waals surface area contributed by atoms with Gasteiger partial charge in [-0.25, -0.2) is 0 Å². The summed E-state index contributed by atoms with van der Waals surface area (Å²) >= 11 is 0. The monoisotopic (exact) mass is 346 g/mol. The molecule has 0 saturated heterocycles. The van der Waals surface area contributed by atoms with Crippen LogP contribution < -0.4 is 4.18 Å². The highest BCUT2D eigenvalue weighted by molar-refractivity contribution is 7.87. The van der Waals surface area contributed by atoms with E-state index in [1.165, 1.54) is 18.2 Å². The second-order valence-electron chi connectivity index (χ2n) is 4.60. The number of aromatic nitrogens is 3. The number of hydrogen-bond acceptors (Lipinski definition) is 7. The number of hydrogen-bond donors (Lipinski definition) is 1. The predicted octanol–water partition coefficient (Wildman–Crippen LogP) is 2.15. The zero-order chi connectivity index (χ0) is 17.2. The molecular formula is C14H10N4O5S. The number of nitrogens with one attached hydrogen (secondary N) is 1. The van der Waals surface area contributed by atoms with E-state index in [9.17, 15) is 18.5 Å². The van der Waals surface area contributed by atoms with Crippen LogP contribution in [0.5, 0.6) is 5.88 Å². The minimum absolute atomic E-state index is 0.242. The molecule has 0 atom stereocenters. The average Bonchev–Trinajstić information content (AvgIpc) is 3.03. The lowest BCUT2D eigenvalue weighted by molar-refractivity contribution is -0.387. The number of nitrogens with zero attached hydrogens (tertiary/aromatic N) is 3. The van der Waals surface area contributed by atoms with E-state index in [-0.39, 0.29) is 5.88 Å². The Kier molecular flexibility index (Phi) is 3.96. The van der Waals surface area contributed by atoms with Gasteiger partial charge < -0.3 is 4.18 Å². The van der Waals surface area contributed by atoms with Gasteiger partial charge in [-0.2, -0.15) is 8.42 Å². The summed E-state index contributed by atoms with van der Waals surface area (Å²) in [4.78, 5) is 13.7. The van der Waals surface area contributed by atoms with Crippen LogP contribution in [-0.2, 0) is 10.1 Å². The van der Waals surface area contributed by atoms with Crippen LogP contribution in [0.15, 0.2) is 59.6 Å². The summed E-state index contributed by atoms with van der Waals surface area (Å²) in [6.45, 7) is 0. The Hall–Kier alpha value is -3.27. The van der Waals surface area contributed by atoms with Crippen LogP contribution in [0.25, 0.3) is 11.4 Å². The molecule has 10 heteroatoms. The summed E-state index contributed by atoms with van der Waals surface area (Å²) in [5.41, 5.74) is 0.421. The van der Waals surface area contributed by atoms with Crippen molar-refractivity contribution >= 4 is 15.8 Å². The van der Waals surface area contributed by atoms with Gasteiger partial charge in [0.15, 0.2) is 4.90 Å². The Morgan fingerprint density at radius 3 is 2.58 bits per heavy atom. The molecule has 0 aliphatic heterocycles. The predicted molar refractivity (Wildman–Crippen MR) is 82.7 cm³/mol. The van der Waals surface area contributed by atoms with Gasteiger partial charge in [0.2, 0.25) is 0 Å². The van der Waals surface area contributed by atoms with E-state index in [1.54, 1.807) is 24.4 Å². The van der Waals surface area contributed by atoms with Crippen molar-refractivity contribution in [2.45, 2.75) is 4.90 Å². The summed E-state index contributed by atoms with van der Waals surface area (Å²) in [7, 11) is -4.40. The van der Waals surface area contributed by atoms with E-state index in [2.05, 4.69) is 15.2 Å². The minimum Gasteiger partial charge on any atom is -0.356 e. The molecule has 9 nitrogen and oxygen atoms in total. The fourth-order valence-electron chi connectivity index (χ4n) is 1.98. The van der Waals surface area contributed by atoms with Gasteiger partial charge in [0.1, 0.15) is 0 Å². The van der Waals surface area contributed by atoms with Crippen molar-refractivity contribution in [2.24, 2.45) is 0 Å². The van der Waals surface area contributed by atoms with E-state index >= 15 is 0 Å². The van der Waals surface area contributed by atoms with Crippen molar-refractivity contribution in [3.8, 4) is 17.3 Å². The zero-order valence-corrected chi connectivity index (χ0v) is 12.8. The molecule has 3 rings (SSSR count). The minimum atomic E-state index is -4.40. The summed E-state index contributed by atoms with van der Waals surface area (Å²) in [5, 5.41) is 17.3. The van der Waals surface area contributed by atoms with Crippen molar-refractivity contribution in [3.63, 3.8) is 0 Å². The van der Waals surface area contributed by atoms with Crippen molar-refractivity contribution in [3.05, 3.63) is 64.8 Å². The maximum atomic E-state index is 12.3. The lowest BCUT2D eigenvalue weighted by atomic mass is 10.3. The molecular weight excluding hydrogens is 336 g/mol. The van der Waals surface area contributed by atoms with Crippen LogP contribution >= 0.6 is 0 Å². The number of aromatic amines is 1. The molecule has 0 bridgehead atoms. The first-order valence-corrected chi connectivity index (χ1v) is 8.03. The first-order chi connectivity index (χ1) is 11.5. The van der Waals surface area contributed by atoms with Gasteiger partial charge in [-0.3, -0.25) is 20.2 Å². The highest BCUT2D eigenvalue weighted by Crippen LogP contribution is 2.27. The molecule has 122 valence electrons. The summed E-state index contributed by atoms with van der Waals surface area (Å²) in [6, 6.07) is 11.4. The number of nitro groups is 1. The molecule has 2 aromatic heterocycles. The fourth-order valence-corrected chi connectivity index (χ4v) is 3.02. The van der Waals surface area contributed by atoms with Gasteiger partial charge >= 0.3 is 10.1 Å². The number of pyridine rings is 1. The Morgan fingerprint density at radius 2 is 1.88 bits per heavy atom. The van der Waals surface area contributed by atoms with Gasteiger partial charge in [-0.05, 0) is 18.2 Å². The third kappa shape index (κ3) is 3.08. The van der Waals surface area contributed by atoms with Crippen molar-refractivity contribution < 1.29 is 17.5 Å². The van der Waals surface area contributed by atoms with Gasteiger partial charge in [-0.15, -0.1) is 5.10 Å². The molecule has 0 saturated carbocycles. The molecule has 1 N–H and O–H groups in total. The molecule has 1 aromatic carbocycles. The van der Waals surface area contributed by atoms with Crippen molar-refractivity contribution in [1.82, 2.24) is 15.2 Å². The molecule has 0 aliphatic carbocycles. The maximum absolute atomic E-state index is 12.3. The molecule has 24 heavy (non-hydrogen) atoms. The lowest BCUT2D eigenvalue weighted by Gasteiger charge is -2.04. The van der Waals surface area contributed by atoms with Gasteiger partial charge in [0, 0.05) is 18.3 Å². The van der Waals surface area contributed by atoms with Crippen molar-refractivity contribution in [2.75, 3.05) is 0 Å². The fraction of sp³-hybridized carbons (Fsp3) is 0. The van der Waals surface area contributed by atoms with E-state index in [4.69, 9.17) is 4.18 Å². The van der Waals surface area contributed by atoms with E-state index < -0.39 is 25.6 Å². The first kappa shape index (κ1) is 15.6. The third-order valence-corrected chi connectivity index (χ3v) is 4.30. The maximum Gasteiger partial charge on any atom is 0.347 e. The highest BCUT2D eigenvalue weighted by atomic mass is 32.2. The normalized spacial score (nSPS) is 11.2. The Morgan fingerprint density at radius 1 is 1.12 bits per heavy atom. The van der Waals surface area contributed by atoms with Crippen molar-refractivity contribution in [1.29, 1.82) is 0 Å². The molecule has 0 aliphatic rings. The number of rotatable bonds is 5. The molecule has 0 spiro atoms. The van der Waals surface area contributed by atoms with Gasteiger partial charge in [-0.1, -0.05) is 18.2 Å². The second kappa shape index (κ2) is 6.08. The lowest BCUT2D eigenvalue weighted by Crippen LogP contribution is -2.12. The van der Waals surface area contributed by atoms with Crippen LogP contribution in [0, 0.1) is 10.1 Å². The van der Waals surface area contributed by atoms with Crippen LogP contribution in [0.4, 0.5) is 5.69 Å². The van der Waals surface area contributed by atoms with Crippen LogP contribution in [0.2, 0.25) is 0 Å². The third-order valence-electron chi connectivity index (χ3n) is 3.02. The molecule has 2 heterocycles. The molecule has 0 amide bonds. The molecule has 0 radical (unpaired) electrons. The summed E-state index contributed by atoms with van der Waals surface area (Å²) in [5.74, 6) is -0.242. The van der Waals surface area contributed by atoms with Crippen LogP contribution in [-0.4, -0.2) is 28.5 Å². The summed E-state index contributed by atoms with van der Waals surface area (Å²) < 4.78 is 29.4. The largest absolute Gasteiger partial charge is 0.356 e. The number of H-pyrrole nitrogens is 1. The zero-order valence-electron chi connectivity index (χ0n) is 12.0. The number of nitro benzene ring substituents is 1. The Labute approximate surface area is 136 Å². The topological polar surface area (TPSA) is 128 Å². The SMILES string of the molecule is O=[N+]([O-])c1ccccc1S(=O)(=O)Oc1cc(-c2ccccn2)[nH]n1. The smallest absolute Gasteiger partial charge is 0.347 e. The van der Waals surface area contributed by atoms with Crippen LogP contribution in [0.1, 0.15) is 0 Å². The van der Waals surface area contributed by atoms with E-state index in [0.29, 0.717) is 11.4 Å². The highest BCUT2D eigenvalue weighted by Gasteiger charge is 2.28. The summed E-state index contributed by atoms with van der Waals surface area (Å²) in [6.07, 6.45) is 1.57. The number of para-hydroxylation sites is 1. The Balaban J connectivity index is 1.91. The van der Waals surface area contributed by atoms with E-state index in [1.807, 2.05) is 0 Å². The standard InChI is InChI=1S/C14H10N4O5S/c19-18(20)12-6-1-2-7-13(12)24(21,22)23-14-9-11(16-17-14)10-5-3-4-8-15-10/h1-9H,(H,16,17). The first-order valence-electron chi connectivity index (χ1n) is 6.62. The van der Waals surface area contributed by atoms with Crippen LogP contribution in [0.3, 0.4) is 0 Å². The molecule has 0 unspecified atom stereocenters. The van der Waals surface area contributed by atoms with E-state index in [0.717, 1.165) is 12.1 Å². The second-order valence-corrected chi connectivity index (χ2v) is 6.11. The molecule has 0 fully saturated rings. The Bertz CT molecular complexity index is 985. The van der Waals surface area contributed by atoms with Gasteiger partial charge in [0.25, 0.3) is 11.6 Å². The molecule has 3 aromatic rings. The quantitative estimate of drug-likeness (QED) is 0.426. The number of benzene rings is 1. The average molecular weight is 346 g/mol.